The number of carbonyl (C=O) groups excluding carboxylic acids is 1. The van der Waals surface area contributed by atoms with Crippen LogP contribution in [0.2, 0.25) is 0 Å². The Hall–Kier alpha value is -1.93. The highest BCUT2D eigenvalue weighted by molar-refractivity contribution is 9.10. The molecule has 110 valence electrons. The Kier molecular flexibility index (Phi) is 4.59. The SMILES string of the molecule is CS(=O)(=O)Nc1ccc(NC(=O)c2cncc(Br)c2)cc1. The van der Waals surface area contributed by atoms with E-state index in [4.69, 9.17) is 0 Å². The molecule has 0 atom stereocenters. The van der Waals surface area contributed by atoms with Crippen LogP contribution in [0, 0.1) is 0 Å². The highest BCUT2D eigenvalue weighted by Crippen LogP contribution is 2.16. The molecule has 21 heavy (non-hydrogen) atoms. The predicted octanol–water partition coefficient (Wildman–Crippen LogP) is 2.47. The van der Waals surface area contributed by atoms with E-state index in [0.717, 1.165) is 6.26 Å². The van der Waals surface area contributed by atoms with Crippen molar-refractivity contribution in [2.75, 3.05) is 16.3 Å². The number of nitrogens with one attached hydrogen (secondary N) is 2. The average molecular weight is 370 g/mol. The second kappa shape index (κ2) is 6.23. The van der Waals surface area contributed by atoms with Crippen molar-refractivity contribution in [3.05, 3.63) is 52.8 Å². The zero-order valence-corrected chi connectivity index (χ0v) is 13.4. The maximum atomic E-state index is 12.0. The molecule has 2 aromatic rings. The monoisotopic (exact) mass is 369 g/mol. The van der Waals surface area contributed by atoms with Gasteiger partial charge in [-0.2, -0.15) is 0 Å². The molecule has 0 spiro atoms. The molecule has 1 aromatic carbocycles. The zero-order chi connectivity index (χ0) is 15.5. The Balaban J connectivity index is 2.08. The minimum absolute atomic E-state index is 0.298. The van der Waals surface area contributed by atoms with Crippen molar-refractivity contribution in [1.29, 1.82) is 0 Å². The number of aromatic nitrogens is 1. The summed E-state index contributed by atoms with van der Waals surface area (Å²) in [5.41, 5.74) is 1.40. The number of halogens is 1. The van der Waals surface area contributed by atoms with Crippen molar-refractivity contribution in [1.82, 2.24) is 4.98 Å². The fourth-order valence-corrected chi connectivity index (χ4v) is 2.50. The topological polar surface area (TPSA) is 88.2 Å². The molecule has 0 bridgehead atoms. The molecular weight excluding hydrogens is 358 g/mol. The first kappa shape index (κ1) is 15.5. The maximum Gasteiger partial charge on any atom is 0.257 e. The molecule has 2 rings (SSSR count). The molecule has 0 saturated heterocycles. The lowest BCUT2D eigenvalue weighted by Gasteiger charge is -2.07. The van der Waals surface area contributed by atoms with E-state index in [1.807, 2.05) is 0 Å². The van der Waals surface area contributed by atoms with Crippen LogP contribution in [0.5, 0.6) is 0 Å². The summed E-state index contributed by atoms with van der Waals surface area (Å²) in [5.74, 6) is -0.298. The molecule has 1 amide bonds. The Morgan fingerprint density at radius 1 is 1.14 bits per heavy atom. The fourth-order valence-electron chi connectivity index (χ4n) is 1.57. The van der Waals surface area contributed by atoms with Crippen LogP contribution in [0.1, 0.15) is 10.4 Å². The number of benzene rings is 1. The van der Waals surface area contributed by atoms with Gasteiger partial charge in [0.2, 0.25) is 10.0 Å². The Labute approximate surface area is 130 Å². The normalized spacial score (nSPS) is 11.0. The first-order valence-corrected chi connectivity index (χ1v) is 8.52. The number of hydrogen-bond acceptors (Lipinski definition) is 4. The largest absolute Gasteiger partial charge is 0.322 e. The van der Waals surface area contributed by atoms with Crippen LogP contribution < -0.4 is 10.0 Å². The summed E-state index contributed by atoms with van der Waals surface area (Å²) in [5, 5.41) is 2.70. The molecule has 0 fully saturated rings. The van der Waals surface area contributed by atoms with Crippen LogP contribution in [0.3, 0.4) is 0 Å². The molecular formula is C13H12BrN3O3S. The van der Waals surface area contributed by atoms with Gasteiger partial charge in [0, 0.05) is 28.2 Å². The quantitative estimate of drug-likeness (QED) is 0.866. The summed E-state index contributed by atoms with van der Waals surface area (Å²) in [6.45, 7) is 0. The molecule has 0 aliphatic heterocycles. The van der Waals surface area contributed by atoms with Crippen molar-refractivity contribution < 1.29 is 13.2 Å². The van der Waals surface area contributed by atoms with Crippen LogP contribution in [0.25, 0.3) is 0 Å². The molecule has 0 unspecified atom stereocenters. The zero-order valence-electron chi connectivity index (χ0n) is 11.0. The van der Waals surface area contributed by atoms with Gasteiger partial charge in [0.1, 0.15) is 0 Å². The second-order valence-electron chi connectivity index (χ2n) is 4.30. The number of nitrogens with zero attached hydrogens (tertiary/aromatic N) is 1. The van der Waals surface area contributed by atoms with E-state index in [1.165, 1.54) is 6.20 Å². The number of amides is 1. The van der Waals surface area contributed by atoms with Crippen molar-refractivity contribution in [3.63, 3.8) is 0 Å². The summed E-state index contributed by atoms with van der Waals surface area (Å²) in [4.78, 5) is 15.9. The van der Waals surface area contributed by atoms with Crippen LogP contribution in [-0.4, -0.2) is 25.6 Å². The Morgan fingerprint density at radius 2 is 1.76 bits per heavy atom. The van der Waals surface area contributed by atoms with Crippen LogP contribution in [-0.2, 0) is 10.0 Å². The molecule has 2 N–H and O–H groups in total. The number of carbonyl (C=O) groups is 1. The van der Waals surface area contributed by atoms with Gasteiger partial charge in [0.25, 0.3) is 5.91 Å². The van der Waals surface area contributed by atoms with Gasteiger partial charge in [-0.3, -0.25) is 14.5 Å². The third-order valence-electron chi connectivity index (χ3n) is 2.41. The van der Waals surface area contributed by atoms with Gasteiger partial charge in [-0.05, 0) is 46.3 Å². The molecule has 0 aliphatic carbocycles. The molecule has 8 heteroatoms. The van der Waals surface area contributed by atoms with E-state index in [1.54, 1.807) is 36.5 Å². The van der Waals surface area contributed by atoms with Gasteiger partial charge in [0.15, 0.2) is 0 Å². The molecule has 0 aliphatic rings. The highest BCUT2D eigenvalue weighted by Gasteiger charge is 2.07. The summed E-state index contributed by atoms with van der Waals surface area (Å²) in [6, 6.07) is 8.00. The van der Waals surface area contributed by atoms with Gasteiger partial charge in [0.05, 0.1) is 11.8 Å². The van der Waals surface area contributed by atoms with Crippen LogP contribution in [0.15, 0.2) is 47.2 Å². The van der Waals surface area contributed by atoms with Gasteiger partial charge in [-0.25, -0.2) is 8.42 Å². The van der Waals surface area contributed by atoms with Crippen molar-refractivity contribution >= 4 is 43.2 Å². The van der Waals surface area contributed by atoms with E-state index < -0.39 is 10.0 Å². The number of sulfonamides is 1. The third-order valence-corrected chi connectivity index (χ3v) is 3.45. The summed E-state index contributed by atoms with van der Waals surface area (Å²) in [7, 11) is -3.31. The lowest BCUT2D eigenvalue weighted by Crippen LogP contribution is -2.12. The molecule has 0 radical (unpaired) electrons. The smallest absolute Gasteiger partial charge is 0.257 e. The van der Waals surface area contributed by atoms with Crippen molar-refractivity contribution in [2.45, 2.75) is 0 Å². The van der Waals surface area contributed by atoms with E-state index in [0.29, 0.717) is 21.4 Å². The van der Waals surface area contributed by atoms with Gasteiger partial charge in [-0.1, -0.05) is 0 Å². The number of pyridine rings is 1. The Morgan fingerprint density at radius 3 is 2.33 bits per heavy atom. The van der Waals surface area contributed by atoms with Crippen molar-refractivity contribution in [3.8, 4) is 0 Å². The first-order chi connectivity index (χ1) is 9.83. The predicted molar refractivity (Wildman–Crippen MR) is 84.8 cm³/mol. The van der Waals surface area contributed by atoms with E-state index in [9.17, 15) is 13.2 Å². The van der Waals surface area contributed by atoms with E-state index in [2.05, 4.69) is 31.0 Å². The minimum atomic E-state index is -3.31. The molecule has 1 heterocycles. The van der Waals surface area contributed by atoms with Crippen LogP contribution in [0.4, 0.5) is 11.4 Å². The summed E-state index contributed by atoms with van der Waals surface area (Å²) in [6.07, 6.45) is 4.12. The standard InChI is InChI=1S/C13H12BrN3O3S/c1-21(19,20)17-12-4-2-11(3-5-12)16-13(18)9-6-10(14)8-15-7-9/h2-8,17H,1H3,(H,16,18). The first-order valence-electron chi connectivity index (χ1n) is 5.83. The molecule has 6 nitrogen and oxygen atoms in total. The molecule has 0 saturated carbocycles. The second-order valence-corrected chi connectivity index (χ2v) is 6.96. The fraction of sp³-hybridized carbons (Fsp3) is 0.0769. The van der Waals surface area contributed by atoms with Crippen molar-refractivity contribution in [2.24, 2.45) is 0 Å². The lowest BCUT2D eigenvalue weighted by atomic mass is 10.2. The minimum Gasteiger partial charge on any atom is -0.322 e. The Bertz CT molecular complexity index is 760. The van der Waals surface area contributed by atoms with Gasteiger partial charge in [-0.15, -0.1) is 0 Å². The van der Waals surface area contributed by atoms with E-state index >= 15 is 0 Å². The average Bonchev–Trinajstić information content (AvgIpc) is 2.39. The van der Waals surface area contributed by atoms with Gasteiger partial charge >= 0.3 is 0 Å². The van der Waals surface area contributed by atoms with Gasteiger partial charge < -0.3 is 5.32 Å². The lowest BCUT2D eigenvalue weighted by molar-refractivity contribution is 0.102. The van der Waals surface area contributed by atoms with E-state index in [-0.39, 0.29) is 5.91 Å². The molecule has 1 aromatic heterocycles. The maximum absolute atomic E-state index is 12.0. The third kappa shape index (κ3) is 4.83. The number of hydrogen-bond donors (Lipinski definition) is 2. The van der Waals surface area contributed by atoms with Crippen LogP contribution >= 0.6 is 15.9 Å². The number of anilines is 2. The highest BCUT2D eigenvalue weighted by atomic mass is 79.9. The number of rotatable bonds is 4. The summed E-state index contributed by atoms with van der Waals surface area (Å²) >= 11 is 3.25. The summed E-state index contributed by atoms with van der Waals surface area (Å²) < 4.78 is 25.2.